The summed E-state index contributed by atoms with van der Waals surface area (Å²) in [6.45, 7) is 0.0279. The van der Waals surface area contributed by atoms with E-state index in [0.717, 1.165) is 32.4 Å². The van der Waals surface area contributed by atoms with Gasteiger partial charge in [-0.15, -0.1) is 0 Å². The van der Waals surface area contributed by atoms with Gasteiger partial charge < -0.3 is 15.4 Å². The zero-order valence-electron chi connectivity index (χ0n) is 21.1. The molecule has 15 heteroatoms. The number of alkyl halides is 3. The summed E-state index contributed by atoms with van der Waals surface area (Å²) < 4.78 is 90.8. The number of rotatable bonds is 17. The van der Waals surface area contributed by atoms with E-state index >= 15 is 0 Å². The molecule has 0 aliphatic heterocycles. The number of anilines is 1. The van der Waals surface area contributed by atoms with Crippen LogP contribution in [0.1, 0.15) is 56.9 Å². The number of urea groups is 1. The summed E-state index contributed by atoms with van der Waals surface area (Å²) in [5.41, 5.74) is -1.18. The van der Waals surface area contributed by atoms with Gasteiger partial charge in [0.2, 0.25) is 0 Å². The molecule has 1 aromatic carbocycles. The summed E-state index contributed by atoms with van der Waals surface area (Å²) in [5, 5.41) is 4.18. The fourth-order valence-electron chi connectivity index (χ4n) is 3.43. The van der Waals surface area contributed by atoms with Gasteiger partial charge in [0.05, 0.1) is 35.0 Å². The van der Waals surface area contributed by atoms with Crippen LogP contribution in [0.2, 0.25) is 5.02 Å². The van der Waals surface area contributed by atoms with Crippen LogP contribution in [0.15, 0.2) is 18.2 Å². The van der Waals surface area contributed by atoms with Crippen LogP contribution < -0.4 is 10.6 Å². The molecule has 0 fully saturated rings. The zero-order chi connectivity index (χ0) is 28.8. The maximum atomic E-state index is 12.9. The third kappa shape index (κ3) is 14.8. The first-order valence-electron chi connectivity index (χ1n) is 12.0. The van der Waals surface area contributed by atoms with Crippen LogP contribution in [0.4, 0.5) is 23.7 Å². The Morgan fingerprint density at radius 2 is 1.39 bits per heavy atom. The Labute approximate surface area is 226 Å². The number of carbonyl (C=O) groups is 2. The number of amides is 2. The number of unbranched alkanes of at least 4 members (excludes halogenated alkanes) is 6. The van der Waals surface area contributed by atoms with Gasteiger partial charge in [0.15, 0.2) is 9.84 Å². The summed E-state index contributed by atoms with van der Waals surface area (Å²) >= 11 is 5.54. The number of ether oxygens (including phenoxy) is 1. The Kier molecular flexibility index (Phi) is 14.4. The van der Waals surface area contributed by atoms with Gasteiger partial charge in [-0.25, -0.2) is 21.6 Å². The molecule has 0 spiro atoms. The van der Waals surface area contributed by atoms with E-state index in [4.69, 9.17) is 11.6 Å². The fraction of sp³-hybridized carbons (Fsp3) is 0.652. The number of nitrogens with one attached hydrogen (secondary N) is 2. The molecule has 2 N–H and O–H groups in total. The lowest BCUT2D eigenvalue weighted by atomic mass is 10.1. The minimum atomic E-state index is -4.67. The van der Waals surface area contributed by atoms with Crippen molar-refractivity contribution in [3.8, 4) is 0 Å². The summed E-state index contributed by atoms with van der Waals surface area (Å²) in [4.78, 5) is 22.9. The van der Waals surface area contributed by atoms with Crippen molar-refractivity contribution in [2.24, 2.45) is 0 Å². The molecule has 0 aliphatic carbocycles. The number of methoxy groups -OCH3 is 1. The quantitative estimate of drug-likeness (QED) is 0.195. The van der Waals surface area contributed by atoms with Crippen molar-refractivity contribution in [3.05, 3.63) is 28.8 Å². The van der Waals surface area contributed by atoms with E-state index < -0.39 is 54.2 Å². The Balaban J connectivity index is 2.16. The maximum Gasteiger partial charge on any atom is 0.417 e. The topological polar surface area (TPSA) is 136 Å². The van der Waals surface area contributed by atoms with Crippen LogP contribution in [-0.2, 0) is 35.4 Å². The molecule has 0 unspecified atom stereocenters. The molecule has 0 heterocycles. The van der Waals surface area contributed by atoms with Crippen LogP contribution in [0, 0.1) is 0 Å². The highest BCUT2D eigenvalue weighted by atomic mass is 35.5. The lowest BCUT2D eigenvalue weighted by Crippen LogP contribution is -2.30. The standard InChI is InChI=1S/C23H34ClF3N2O7S2/c1-36-21(30)17-38(34,35)14-8-6-4-2-3-5-7-13-37(32,33)15-9-12-28-22(31)29-18-10-11-20(24)19(16-18)23(25,26)27/h10-11,16H,2-9,12-15,17H2,1H3,(H2,28,29,31). The number of sulfone groups is 2. The first-order valence-corrected chi connectivity index (χ1v) is 16.1. The van der Waals surface area contributed by atoms with E-state index in [-0.39, 0.29) is 35.9 Å². The minimum absolute atomic E-state index is 0.00988. The molecule has 0 radical (unpaired) electrons. The van der Waals surface area contributed by atoms with E-state index in [2.05, 4.69) is 15.4 Å². The summed E-state index contributed by atoms with van der Waals surface area (Å²) in [6, 6.07) is 2.19. The van der Waals surface area contributed by atoms with E-state index in [9.17, 15) is 39.6 Å². The van der Waals surface area contributed by atoms with Crippen molar-refractivity contribution in [1.82, 2.24) is 5.32 Å². The molecule has 0 saturated heterocycles. The molecule has 218 valence electrons. The highest BCUT2D eigenvalue weighted by Crippen LogP contribution is 2.36. The number of hydrogen-bond donors (Lipinski definition) is 2. The monoisotopic (exact) mass is 606 g/mol. The molecule has 9 nitrogen and oxygen atoms in total. The van der Waals surface area contributed by atoms with Crippen molar-refractivity contribution in [1.29, 1.82) is 0 Å². The predicted octanol–water partition coefficient (Wildman–Crippen LogP) is 4.60. The predicted molar refractivity (Wildman–Crippen MR) is 140 cm³/mol. The smallest absolute Gasteiger partial charge is 0.417 e. The number of carbonyl (C=O) groups excluding carboxylic acids is 2. The van der Waals surface area contributed by atoms with Crippen LogP contribution >= 0.6 is 11.6 Å². The van der Waals surface area contributed by atoms with Crippen molar-refractivity contribution in [2.75, 3.05) is 42.0 Å². The van der Waals surface area contributed by atoms with Crippen molar-refractivity contribution >= 4 is 49.0 Å². The van der Waals surface area contributed by atoms with E-state index in [1.807, 2.05) is 0 Å². The molecular weight excluding hydrogens is 573 g/mol. The Bertz CT molecular complexity index is 1130. The average molecular weight is 607 g/mol. The van der Waals surface area contributed by atoms with Gasteiger partial charge in [-0.05, 0) is 37.5 Å². The Hall–Kier alpha value is -2.06. The SMILES string of the molecule is COC(=O)CS(=O)(=O)CCCCCCCCCS(=O)(=O)CCCNC(=O)Nc1ccc(Cl)c(C(F)(F)F)c1. The molecule has 0 atom stereocenters. The molecule has 1 aromatic rings. The molecule has 1 rings (SSSR count). The van der Waals surface area contributed by atoms with Crippen LogP contribution in [0.5, 0.6) is 0 Å². The normalized spacial score (nSPS) is 12.2. The Morgan fingerprint density at radius 1 is 0.868 bits per heavy atom. The molecule has 0 aliphatic rings. The number of halogens is 4. The molecule has 0 aromatic heterocycles. The number of hydrogen-bond acceptors (Lipinski definition) is 7. The largest absolute Gasteiger partial charge is 0.468 e. The Morgan fingerprint density at radius 3 is 1.95 bits per heavy atom. The van der Waals surface area contributed by atoms with Crippen LogP contribution in [-0.4, -0.2) is 65.5 Å². The first-order chi connectivity index (χ1) is 17.6. The average Bonchev–Trinajstić information content (AvgIpc) is 2.81. The number of benzene rings is 1. The van der Waals surface area contributed by atoms with Gasteiger partial charge in [-0.3, -0.25) is 4.79 Å². The van der Waals surface area contributed by atoms with Crippen LogP contribution in [0.3, 0.4) is 0 Å². The fourth-order valence-corrected chi connectivity index (χ4v) is 6.35. The van der Waals surface area contributed by atoms with Gasteiger partial charge in [-0.1, -0.05) is 43.7 Å². The second kappa shape index (κ2) is 16.1. The third-order valence-electron chi connectivity index (χ3n) is 5.42. The lowest BCUT2D eigenvalue weighted by molar-refractivity contribution is -0.138. The second-order valence-electron chi connectivity index (χ2n) is 8.72. The summed E-state index contributed by atoms with van der Waals surface area (Å²) in [7, 11) is -5.63. The molecule has 2 amide bonds. The maximum absolute atomic E-state index is 12.9. The third-order valence-corrected chi connectivity index (χ3v) is 9.16. The van der Waals surface area contributed by atoms with Gasteiger partial charge in [-0.2, -0.15) is 13.2 Å². The van der Waals surface area contributed by atoms with Gasteiger partial charge >= 0.3 is 18.2 Å². The number of esters is 1. The van der Waals surface area contributed by atoms with Crippen LogP contribution in [0.25, 0.3) is 0 Å². The highest BCUT2D eigenvalue weighted by Gasteiger charge is 2.33. The van der Waals surface area contributed by atoms with Crippen molar-refractivity contribution in [3.63, 3.8) is 0 Å². The van der Waals surface area contributed by atoms with Crippen molar-refractivity contribution < 1.29 is 44.3 Å². The van der Waals surface area contributed by atoms with Crippen molar-refractivity contribution in [2.45, 2.75) is 57.5 Å². The summed E-state index contributed by atoms with van der Waals surface area (Å²) in [6.07, 6.45) is 0.294. The molecule has 0 bridgehead atoms. The lowest BCUT2D eigenvalue weighted by Gasteiger charge is -2.12. The van der Waals surface area contributed by atoms with Gasteiger partial charge in [0.1, 0.15) is 15.6 Å². The van der Waals surface area contributed by atoms with Gasteiger partial charge in [0, 0.05) is 12.2 Å². The molecule has 0 saturated carbocycles. The second-order valence-corrected chi connectivity index (χ2v) is 13.6. The first kappa shape index (κ1) is 34.0. The minimum Gasteiger partial charge on any atom is -0.468 e. The molecule has 38 heavy (non-hydrogen) atoms. The van der Waals surface area contributed by atoms with E-state index in [1.165, 1.54) is 6.07 Å². The van der Waals surface area contributed by atoms with Gasteiger partial charge in [0.25, 0.3) is 0 Å². The highest BCUT2D eigenvalue weighted by molar-refractivity contribution is 7.92. The van der Waals surface area contributed by atoms with E-state index in [0.29, 0.717) is 31.7 Å². The summed E-state index contributed by atoms with van der Waals surface area (Å²) in [5.74, 6) is -1.59. The zero-order valence-corrected chi connectivity index (χ0v) is 23.5. The molecular formula is C23H34ClF3N2O7S2. The van der Waals surface area contributed by atoms with E-state index in [1.54, 1.807) is 0 Å².